The Morgan fingerprint density at radius 2 is 2.14 bits per heavy atom. The van der Waals surface area contributed by atoms with Gasteiger partial charge in [0.2, 0.25) is 5.91 Å². The minimum absolute atomic E-state index is 0.0570. The molecular weight excluding hydrogens is 358 g/mol. The zero-order chi connectivity index (χ0) is 19.3. The number of likely N-dealkylation sites (tertiary alicyclic amines) is 1. The van der Waals surface area contributed by atoms with E-state index in [0.717, 1.165) is 25.1 Å². The van der Waals surface area contributed by atoms with Crippen LogP contribution in [0.5, 0.6) is 0 Å². The summed E-state index contributed by atoms with van der Waals surface area (Å²) in [6.07, 6.45) is 9.42. The largest absolute Gasteiger partial charge is 0.382 e. The number of fused-ring (bicyclic) bond motifs is 1. The first kappa shape index (κ1) is 17.1. The van der Waals surface area contributed by atoms with Gasteiger partial charge in [-0.2, -0.15) is 0 Å². The molecule has 1 unspecified atom stereocenters. The van der Waals surface area contributed by atoms with Gasteiger partial charge < -0.3 is 15.2 Å². The summed E-state index contributed by atoms with van der Waals surface area (Å²) in [6, 6.07) is -0.296. The maximum absolute atomic E-state index is 13.3. The summed E-state index contributed by atoms with van der Waals surface area (Å²) in [4.78, 5) is 27.7. The highest BCUT2D eigenvalue weighted by atomic mass is 16.2. The number of nitrogen functional groups attached to an aromatic ring is 1. The van der Waals surface area contributed by atoms with Crippen LogP contribution in [0.25, 0.3) is 11.2 Å². The van der Waals surface area contributed by atoms with Gasteiger partial charge in [0, 0.05) is 18.7 Å². The number of nitrogens with zero attached hydrogens (tertiary/aromatic N) is 8. The van der Waals surface area contributed by atoms with Crippen LogP contribution >= 0.6 is 0 Å². The third-order valence-corrected chi connectivity index (χ3v) is 5.77. The second kappa shape index (κ2) is 6.54. The number of imidazole rings is 1. The fraction of sp³-hybridized carbons (Fsp3) is 0.556. The van der Waals surface area contributed by atoms with Crippen LogP contribution in [0.15, 0.2) is 18.9 Å². The summed E-state index contributed by atoms with van der Waals surface area (Å²) in [6.45, 7) is 3.30. The molecule has 2 fully saturated rings. The van der Waals surface area contributed by atoms with Gasteiger partial charge in [0.15, 0.2) is 11.5 Å². The van der Waals surface area contributed by atoms with Crippen molar-refractivity contribution in [3.8, 4) is 0 Å². The van der Waals surface area contributed by atoms with E-state index in [4.69, 9.17) is 5.73 Å². The Bertz CT molecular complexity index is 1020. The van der Waals surface area contributed by atoms with E-state index >= 15 is 0 Å². The minimum Gasteiger partial charge on any atom is -0.382 e. The molecule has 5 rings (SSSR count). The number of hydrogen-bond acceptors (Lipinski definition) is 7. The fourth-order valence-electron chi connectivity index (χ4n) is 4.01. The number of rotatable bonds is 5. The first-order chi connectivity index (χ1) is 13.6. The van der Waals surface area contributed by atoms with Crippen molar-refractivity contribution < 1.29 is 4.79 Å². The Kier molecular flexibility index (Phi) is 3.99. The number of carbonyl (C=O) groups is 1. The monoisotopic (exact) mass is 381 g/mol. The summed E-state index contributed by atoms with van der Waals surface area (Å²) in [5.74, 6) is 0.959. The standard InChI is InChI=1S/C18H23N9O/c1-11(27-10-22-15-16(19)20-9-21-17(15)27)18(28)26-6-2-3-13(26)7-25-8-14(23-24-25)12-4-5-12/h8-13H,2-7H2,1H3,(H2,19,20,21)/t11?,13-/m0/s1. The number of nitrogens with two attached hydrogens (primary N) is 1. The maximum Gasteiger partial charge on any atom is 0.245 e. The molecule has 3 aromatic heterocycles. The molecule has 1 aliphatic carbocycles. The normalized spacial score (nSPS) is 20.8. The van der Waals surface area contributed by atoms with Crippen molar-refractivity contribution in [2.45, 2.75) is 57.2 Å². The molecule has 146 valence electrons. The van der Waals surface area contributed by atoms with Crippen molar-refractivity contribution in [2.24, 2.45) is 0 Å². The summed E-state index contributed by atoms with van der Waals surface area (Å²) >= 11 is 0. The SMILES string of the molecule is CC(C(=O)N1CCC[C@H]1Cn1cc(C2CC2)nn1)n1cnc2c(N)ncnc21. The summed E-state index contributed by atoms with van der Waals surface area (Å²) in [7, 11) is 0. The molecule has 2 atom stereocenters. The third-order valence-electron chi connectivity index (χ3n) is 5.77. The molecule has 10 heteroatoms. The lowest BCUT2D eigenvalue weighted by Gasteiger charge is -2.28. The van der Waals surface area contributed by atoms with Gasteiger partial charge in [0.1, 0.15) is 17.9 Å². The summed E-state index contributed by atoms with van der Waals surface area (Å²) < 4.78 is 3.65. The zero-order valence-corrected chi connectivity index (χ0v) is 15.8. The van der Waals surface area contributed by atoms with Gasteiger partial charge in [0.05, 0.1) is 24.6 Å². The smallest absolute Gasteiger partial charge is 0.245 e. The highest BCUT2D eigenvalue weighted by Crippen LogP contribution is 2.38. The van der Waals surface area contributed by atoms with Crippen LogP contribution in [0, 0.1) is 0 Å². The van der Waals surface area contributed by atoms with E-state index in [0.29, 0.717) is 29.4 Å². The van der Waals surface area contributed by atoms with Gasteiger partial charge in [-0.15, -0.1) is 5.10 Å². The van der Waals surface area contributed by atoms with Gasteiger partial charge in [-0.1, -0.05) is 5.21 Å². The molecule has 0 spiro atoms. The molecule has 0 aromatic carbocycles. The van der Waals surface area contributed by atoms with Gasteiger partial charge in [0.25, 0.3) is 0 Å². The van der Waals surface area contributed by atoms with Crippen LogP contribution in [0.3, 0.4) is 0 Å². The molecule has 0 radical (unpaired) electrons. The molecule has 28 heavy (non-hydrogen) atoms. The number of hydrogen-bond donors (Lipinski definition) is 1. The van der Waals surface area contributed by atoms with Gasteiger partial charge in [-0.05, 0) is 32.6 Å². The lowest BCUT2D eigenvalue weighted by atomic mass is 10.2. The predicted octanol–water partition coefficient (Wildman–Crippen LogP) is 1.13. The molecule has 1 saturated heterocycles. The van der Waals surface area contributed by atoms with Crippen molar-refractivity contribution >= 4 is 22.9 Å². The van der Waals surface area contributed by atoms with E-state index in [1.807, 2.05) is 22.7 Å². The number of carbonyl (C=O) groups excluding carboxylic acids is 1. The Hall–Kier alpha value is -3.04. The van der Waals surface area contributed by atoms with Gasteiger partial charge in [-0.3, -0.25) is 9.48 Å². The molecule has 2 aliphatic rings. The van der Waals surface area contributed by atoms with E-state index in [-0.39, 0.29) is 11.9 Å². The predicted molar refractivity (Wildman–Crippen MR) is 101 cm³/mol. The quantitative estimate of drug-likeness (QED) is 0.703. The molecule has 1 aliphatic heterocycles. The topological polar surface area (TPSA) is 121 Å². The van der Waals surface area contributed by atoms with E-state index in [1.165, 1.54) is 19.2 Å². The van der Waals surface area contributed by atoms with Gasteiger partial charge in [-0.25, -0.2) is 15.0 Å². The van der Waals surface area contributed by atoms with E-state index in [9.17, 15) is 4.79 Å². The van der Waals surface area contributed by atoms with Crippen LogP contribution in [0.2, 0.25) is 0 Å². The van der Waals surface area contributed by atoms with Crippen LogP contribution in [0.4, 0.5) is 5.82 Å². The summed E-state index contributed by atoms with van der Waals surface area (Å²) in [5.41, 5.74) is 8.04. The Balaban J connectivity index is 1.34. The fourth-order valence-corrected chi connectivity index (χ4v) is 4.01. The van der Waals surface area contributed by atoms with Crippen molar-refractivity contribution in [2.75, 3.05) is 12.3 Å². The summed E-state index contributed by atoms with van der Waals surface area (Å²) in [5, 5.41) is 8.54. The van der Waals surface area contributed by atoms with E-state index in [2.05, 4.69) is 25.3 Å². The molecule has 1 saturated carbocycles. The highest BCUT2D eigenvalue weighted by molar-refractivity contribution is 5.85. The van der Waals surface area contributed by atoms with E-state index in [1.54, 1.807) is 10.9 Å². The first-order valence-electron chi connectivity index (χ1n) is 9.75. The van der Waals surface area contributed by atoms with Crippen LogP contribution in [0.1, 0.15) is 50.3 Å². The van der Waals surface area contributed by atoms with Crippen LogP contribution < -0.4 is 5.73 Å². The van der Waals surface area contributed by atoms with Crippen LogP contribution in [-0.2, 0) is 11.3 Å². The maximum atomic E-state index is 13.3. The second-order valence-electron chi connectivity index (χ2n) is 7.73. The molecule has 3 aromatic rings. The average molecular weight is 381 g/mol. The van der Waals surface area contributed by atoms with Gasteiger partial charge >= 0.3 is 0 Å². The molecule has 1 amide bonds. The lowest BCUT2D eigenvalue weighted by Crippen LogP contribution is -2.41. The van der Waals surface area contributed by atoms with Crippen molar-refractivity contribution in [3.63, 3.8) is 0 Å². The van der Waals surface area contributed by atoms with E-state index < -0.39 is 6.04 Å². The van der Waals surface area contributed by atoms with Crippen molar-refractivity contribution in [3.05, 3.63) is 24.5 Å². The average Bonchev–Trinajstić information content (AvgIpc) is 3.09. The Morgan fingerprint density at radius 1 is 1.29 bits per heavy atom. The molecule has 0 bridgehead atoms. The molecular formula is C18H23N9O. The van der Waals surface area contributed by atoms with Crippen molar-refractivity contribution in [1.29, 1.82) is 0 Å². The molecule has 10 nitrogen and oxygen atoms in total. The van der Waals surface area contributed by atoms with Crippen LogP contribution in [-0.4, -0.2) is 57.9 Å². The van der Waals surface area contributed by atoms with Crippen molar-refractivity contribution in [1.82, 2.24) is 39.4 Å². The Labute approximate surface area is 161 Å². The number of aromatic nitrogens is 7. The molecule has 2 N–H and O–H groups in total. The Morgan fingerprint density at radius 3 is 2.96 bits per heavy atom. The zero-order valence-electron chi connectivity index (χ0n) is 15.8. The lowest BCUT2D eigenvalue weighted by molar-refractivity contribution is -0.135. The second-order valence-corrected chi connectivity index (χ2v) is 7.73. The number of anilines is 1. The third kappa shape index (κ3) is 2.88. The first-order valence-corrected chi connectivity index (χ1v) is 9.75. The molecule has 4 heterocycles. The minimum atomic E-state index is -0.419. The number of amides is 1. The highest BCUT2D eigenvalue weighted by Gasteiger charge is 2.34.